The maximum Gasteiger partial charge on any atom is 0.322 e. The van der Waals surface area contributed by atoms with Gasteiger partial charge in [0.2, 0.25) is 10.0 Å². The van der Waals surface area contributed by atoms with Gasteiger partial charge < -0.3 is 19.9 Å². The molecule has 2 saturated heterocycles. The Labute approximate surface area is 162 Å². The summed E-state index contributed by atoms with van der Waals surface area (Å²) in [5, 5.41) is 2.37. The molecule has 2 N–H and O–H groups in total. The fourth-order valence-electron chi connectivity index (χ4n) is 3.48. The monoisotopic (exact) mass is 418 g/mol. The van der Waals surface area contributed by atoms with E-state index >= 15 is 0 Å². The van der Waals surface area contributed by atoms with E-state index in [1.54, 1.807) is 4.90 Å². The number of morpholine rings is 1. The first-order valence-corrected chi connectivity index (χ1v) is 10.8. The minimum atomic E-state index is -3.50. The number of carbonyl (C=O) groups is 1. The third-order valence-electron chi connectivity index (χ3n) is 4.99. The van der Waals surface area contributed by atoms with E-state index < -0.39 is 33.7 Å². The predicted octanol–water partition coefficient (Wildman–Crippen LogP) is 1.35. The number of nitrogens with one attached hydrogen (secondary N) is 2. The minimum Gasteiger partial charge on any atom is -0.378 e. The Morgan fingerprint density at radius 2 is 1.93 bits per heavy atom. The largest absolute Gasteiger partial charge is 0.378 e. The highest BCUT2D eigenvalue weighted by Crippen LogP contribution is 2.28. The standard InChI is InChI=1S/C17H24F2N4O4S/c1-20-28(25,26)11-12-3-2-4-23(12)17(24)21-15-9-14(19)16(10-13(15)18)22-5-7-27-8-6-22/h9-10,12,20H,2-8,11H2,1H3,(H,21,24). The van der Waals surface area contributed by atoms with Crippen LogP contribution in [0, 0.1) is 11.6 Å². The molecule has 0 aromatic heterocycles. The fourth-order valence-corrected chi connectivity index (χ4v) is 4.50. The minimum absolute atomic E-state index is 0.123. The molecule has 11 heteroatoms. The number of nitrogens with zero attached hydrogens (tertiary/aromatic N) is 2. The second-order valence-electron chi connectivity index (χ2n) is 6.79. The van der Waals surface area contributed by atoms with Gasteiger partial charge in [-0.2, -0.15) is 0 Å². The summed E-state index contributed by atoms with van der Waals surface area (Å²) in [5.74, 6) is -1.63. The SMILES string of the molecule is CNS(=O)(=O)CC1CCCN1C(=O)Nc1cc(F)c(N2CCOCC2)cc1F. The number of likely N-dealkylation sites (tertiary alicyclic amines) is 1. The quantitative estimate of drug-likeness (QED) is 0.753. The Morgan fingerprint density at radius 3 is 2.61 bits per heavy atom. The number of hydrogen-bond acceptors (Lipinski definition) is 5. The first kappa shape index (κ1) is 20.7. The van der Waals surface area contributed by atoms with E-state index in [0.717, 1.165) is 12.1 Å². The summed E-state index contributed by atoms with van der Waals surface area (Å²) in [7, 11) is -2.19. The van der Waals surface area contributed by atoms with Crippen molar-refractivity contribution in [2.24, 2.45) is 0 Å². The number of benzene rings is 1. The number of amides is 2. The summed E-state index contributed by atoms with van der Waals surface area (Å²) in [5.41, 5.74) is -0.153. The van der Waals surface area contributed by atoms with Gasteiger partial charge in [-0.25, -0.2) is 26.7 Å². The number of anilines is 2. The Hall–Kier alpha value is -1.98. The molecule has 1 atom stereocenters. The third kappa shape index (κ3) is 4.70. The Kier molecular flexibility index (Phi) is 6.36. The van der Waals surface area contributed by atoms with Crippen molar-refractivity contribution in [1.82, 2.24) is 9.62 Å². The zero-order valence-corrected chi connectivity index (χ0v) is 16.4. The topological polar surface area (TPSA) is 91.0 Å². The van der Waals surface area contributed by atoms with Gasteiger partial charge in [0.05, 0.1) is 30.3 Å². The van der Waals surface area contributed by atoms with Crippen LogP contribution in [-0.4, -0.2) is 71.0 Å². The van der Waals surface area contributed by atoms with Crippen LogP contribution in [0.25, 0.3) is 0 Å². The second-order valence-corrected chi connectivity index (χ2v) is 8.76. The molecule has 8 nitrogen and oxygen atoms in total. The molecule has 0 radical (unpaired) electrons. The normalized spacial score (nSPS) is 20.5. The average molecular weight is 418 g/mol. The Morgan fingerprint density at radius 1 is 1.21 bits per heavy atom. The highest BCUT2D eigenvalue weighted by Gasteiger charge is 2.32. The molecule has 0 aliphatic carbocycles. The van der Waals surface area contributed by atoms with E-state index in [9.17, 15) is 22.0 Å². The van der Waals surface area contributed by atoms with E-state index in [0.29, 0.717) is 45.7 Å². The van der Waals surface area contributed by atoms with Crippen LogP contribution in [0.5, 0.6) is 0 Å². The van der Waals surface area contributed by atoms with Crippen LogP contribution < -0.4 is 14.9 Å². The van der Waals surface area contributed by atoms with Gasteiger partial charge in [0.15, 0.2) is 0 Å². The van der Waals surface area contributed by atoms with Crippen molar-refractivity contribution < 1.29 is 26.7 Å². The molecule has 1 aromatic rings. The lowest BCUT2D eigenvalue weighted by Gasteiger charge is -2.29. The van der Waals surface area contributed by atoms with E-state index in [1.807, 2.05) is 0 Å². The van der Waals surface area contributed by atoms with Crippen molar-refractivity contribution in [3.8, 4) is 0 Å². The van der Waals surface area contributed by atoms with Gasteiger partial charge in [0, 0.05) is 37.8 Å². The summed E-state index contributed by atoms with van der Waals surface area (Å²) in [6.45, 7) is 2.14. The summed E-state index contributed by atoms with van der Waals surface area (Å²) >= 11 is 0. The Balaban J connectivity index is 1.72. The van der Waals surface area contributed by atoms with Gasteiger partial charge in [-0.15, -0.1) is 0 Å². The maximum atomic E-state index is 14.5. The fraction of sp³-hybridized carbons (Fsp3) is 0.588. The highest BCUT2D eigenvalue weighted by atomic mass is 32.2. The zero-order valence-electron chi connectivity index (χ0n) is 15.6. The van der Waals surface area contributed by atoms with Crippen molar-refractivity contribution in [3.63, 3.8) is 0 Å². The number of urea groups is 1. The molecule has 3 rings (SSSR count). The van der Waals surface area contributed by atoms with Gasteiger partial charge in [-0.3, -0.25) is 0 Å². The number of hydrogen-bond donors (Lipinski definition) is 2. The van der Waals surface area contributed by atoms with Crippen molar-refractivity contribution in [2.45, 2.75) is 18.9 Å². The second kappa shape index (κ2) is 8.58. The number of ether oxygens (including phenoxy) is 1. The van der Waals surface area contributed by atoms with Gasteiger partial charge in [0.25, 0.3) is 0 Å². The van der Waals surface area contributed by atoms with Crippen molar-refractivity contribution in [1.29, 1.82) is 0 Å². The van der Waals surface area contributed by atoms with Crippen LogP contribution in [0.3, 0.4) is 0 Å². The molecule has 0 spiro atoms. The molecular formula is C17H24F2N4O4S. The molecular weight excluding hydrogens is 394 g/mol. The molecule has 156 valence electrons. The van der Waals surface area contributed by atoms with Gasteiger partial charge in [0.1, 0.15) is 11.6 Å². The number of halogens is 2. The molecule has 2 aliphatic rings. The van der Waals surface area contributed by atoms with E-state index in [4.69, 9.17) is 4.74 Å². The van der Waals surface area contributed by atoms with Crippen LogP contribution >= 0.6 is 0 Å². The van der Waals surface area contributed by atoms with Crippen LogP contribution in [0.15, 0.2) is 12.1 Å². The summed E-state index contributed by atoms with van der Waals surface area (Å²) in [6.07, 6.45) is 1.17. The van der Waals surface area contributed by atoms with E-state index in [1.165, 1.54) is 11.9 Å². The molecule has 0 bridgehead atoms. The van der Waals surface area contributed by atoms with Crippen LogP contribution in [-0.2, 0) is 14.8 Å². The number of rotatable bonds is 5. The number of carbonyl (C=O) groups excluding carboxylic acids is 1. The van der Waals surface area contributed by atoms with E-state index in [2.05, 4.69) is 10.0 Å². The summed E-state index contributed by atoms with van der Waals surface area (Å²) < 4.78 is 60.0. The van der Waals surface area contributed by atoms with Gasteiger partial charge in [-0.1, -0.05) is 0 Å². The van der Waals surface area contributed by atoms with Crippen LogP contribution in [0.4, 0.5) is 25.0 Å². The lowest BCUT2D eigenvalue weighted by atomic mass is 10.2. The third-order valence-corrected chi connectivity index (χ3v) is 6.44. The zero-order chi connectivity index (χ0) is 20.3. The lowest BCUT2D eigenvalue weighted by Crippen LogP contribution is -2.43. The summed E-state index contributed by atoms with van der Waals surface area (Å²) in [6, 6.07) is 0.848. The lowest BCUT2D eigenvalue weighted by molar-refractivity contribution is 0.122. The highest BCUT2D eigenvalue weighted by molar-refractivity contribution is 7.89. The molecule has 2 amide bonds. The number of sulfonamides is 1. The molecule has 1 unspecified atom stereocenters. The molecule has 2 fully saturated rings. The van der Waals surface area contributed by atoms with Crippen LogP contribution in [0.2, 0.25) is 0 Å². The molecule has 2 heterocycles. The van der Waals surface area contributed by atoms with Gasteiger partial charge in [-0.05, 0) is 19.9 Å². The molecule has 1 aromatic carbocycles. The van der Waals surface area contributed by atoms with Crippen LogP contribution in [0.1, 0.15) is 12.8 Å². The first-order chi connectivity index (χ1) is 13.3. The summed E-state index contributed by atoms with van der Waals surface area (Å²) in [4.78, 5) is 15.6. The smallest absolute Gasteiger partial charge is 0.322 e. The maximum absolute atomic E-state index is 14.5. The first-order valence-electron chi connectivity index (χ1n) is 9.11. The van der Waals surface area contributed by atoms with Crippen molar-refractivity contribution in [3.05, 3.63) is 23.8 Å². The van der Waals surface area contributed by atoms with E-state index in [-0.39, 0.29) is 17.1 Å². The molecule has 2 aliphatic heterocycles. The predicted molar refractivity (Wildman–Crippen MR) is 101 cm³/mol. The molecule has 0 saturated carbocycles. The van der Waals surface area contributed by atoms with Crippen molar-refractivity contribution in [2.75, 3.05) is 55.9 Å². The van der Waals surface area contributed by atoms with Gasteiger partial charge >= 0.3 is 6.03 Å². The molecule has 28 heavy (non-hydrogen) atoms. The average Bonchev–Trinajstić information content (AvgIpc) is 3.12. The Bertz CT molecular complexity index is 831. The van der Waals surface area contributed by atoms with Crippen molar-refractivity contribution >= 4 is 27.4 Å².